The fourth-order valence-electron chi connectivity index (χ4n) is 4.99. The fourth-order valence-corrected chi connectivity index (χ4v) is 4.99. The molecule has 6 heteroatoms. The van der Waals surface area contributed by atoms with Gasteiger partial charge >= 0.3 is 0 Å². The van der Waals surface area contributed by atoms with Crippen LogP contribution in [0, 0.1) is 13.8 Å². The Morgan fingerprint density at radius 3 is 1.65 bits per heavy atom. The second-order valence-electron chi connectivity index (χ2n) is 8.57. The van der Waals surface area contributed by atoms with Crippen molar-refractivity contribution in [1.29, 1.82) is 0 Å². The van der Waals surface area contributed by atoms with Crippen LogP contribution in [-0.2, 0) is 0 Å². The Hall–Kier alpha value is -4.58. The summed E-state index contributed by atoms with van der Waals surface area (Å²) in [7, 11) is 3.50. The van der Waals surface area contributed by atoms with Gasteiger partial charge in [0.25, 0.3) is 0 Å². The molecular weight excluding hydrogens is 456 g/mol. The maximum atomic E-state index is 4.41. The first kappa shape index (κ1) is 25.5. The maximum Gasteiger partial charge on any atom is 0.162 e. The molecule has 0 N–H and O–H groups in total. The molecule has 2 aliphatic rings. The number of hydrogen-bond acceptors (Lipinski definition) is 4. The van der Waals surface area contributed by atoms with E-state index in [2.05, 4.69) is 93.6 Å². The number of hydrogen-bond donors (Lipinski definition) is 0. The predicted molar refractivity (Wildman–Crippen MR) is 161 cm³/mol. The quantitative estimate of drug-likeness (QED) is 0.251. The highest BCUT2D eigenvalue weighted by Crippen LogP contribution is 2.32. The van der Waals surface area contributed by atoms with Gasteiger partial charge in [0.2, 0.25) is 0 Å². The molecule has 0 fully saturated rings. The highest BCUT2D eigenvalue weighted by Gasteiger charge is 2.25. The van der Waals surface area contributed by atoms with Gasteiger partial charge in [-0.2, -0.15) is 0 Å². The van der Waals surface area contributed by atoms with Gasteiger partial charge in [0.1, 0.15) is 0 Å². The lowest BCUT2D eigenvalue weighted by Gasteiger charge is -2.08. The first-order valence-corrected chi connectivity index (χ1v) is 11.6. The van der Waals surface area contributed by atoms with Crippen molar-refractivity contribution in [2.24, 2.45) is 30.0 Å². The topological polar surface area (TPSA) is 74.2 Å². The Kier molecular flexibility index (Phi) is 7.02. The van der Waals surface area contributed by atoms with E-state index in [0.717, 1.165) is 33.9 Å². The van der Waals surface area contributed by atoms with E-state index in [1.54, 1.807) is 14.1 Å². The summed E-state index contributed by atoms with van der Waals surface area (Å²) in [6, 6.07) is 20.9. The zero-order valence-electron chi connectivity index (χ0n) is 20.9. The van der Waals surface area contributed by atoms with E-state index in [4.69, 9.17) is 0 Å². The third-order valence-electron chi connectivity index (χ3n) is 6.69. The van der Waals surface area contributed by atoms with Crippen LogP contribution in [0.25, 0.3) is 21.5 Å². The van der Waals surface area contributed by atoms with Gasteiger partial charge in [0.05, 0.1) is 0 Å². The number of nitrogens with zero attached hydrogens (tertiary/aromatic N) is 6. The summed E-state index contributed by atoms with van der Waals surface area (Å²) in [6.07, 6.45) is 0. The van der Waals surface area contributed by atoms with Gasteiger partial charge in [-0.1, -0.05) is 56.0 Å². The average molecular weight is 487 g/mol. The van der Waals surface area contributed by atoms with Gasteiger partial charge in [-0.25, -0.2) is 20.0 Å². The van der Waals surface area contributed by atoms with Crippen molar-refractivity contribution >= 4 is 58.3 Å². The minimum Gasteiger partial charge on any atom is -0.270 e. The zero-order chi connectivity index (χ0) is 25.4. The monoisotopic (exact) mass is 486 g/mol. The Morgan fingerprint density at radius 1 is 0.622 bits per heavy atom. The van der Waals surface area contributed by atoms with Crippen LogP contribution in [0.3, 0.4) is 0 Å². The Morgan fingerprint density at radius 2 is 1.11 bits per heavy atom. The van der Waals surface area contributed by atoms with Crippen LogP contribution in [0.5, 0.6) is 0 Å². The van der Waals surface area contributed by atoms with E-state index in [9.17, 15) is 0 Å². The van der Waals surface area contributed by atoms with Crippen molar-refractivity contribution in [2.75, 3.05) is 14.1 Å². The predicted octanol–water partition coefficient (Wildman–Crippen LogP) is 6.61. The molecular formula is C31H30N6. The molecule has 0 aromatic heterocycles. The van der Waals surface area contributed by atoms with E-state index < -0.39 is 0 Å². The molecule has 37 heavy (non-hydrogen) atoms. The summed E-state index contributed by atoms with van der Waals surface area (Å²) in [6.45, 7) is 11.4. The van der Waals surface area contributed by atoms with Crippen molar-refractivity contribution in [1.82, 2.24) is 0 Å². The van der Waals surface area contributed by atoms with Gasteiger partial charge in [-0.05, 0) is 72.1 Å². The molecule has 4 aromatic carbocycles. The molecule has 0 spiro atoms. The zero-order valence-corrected chi connectivity index (χ0v) is 20.9. The molecule has 4 aromatic rings. The van der Waals surface area contributed by atoms with Crippen molar-refractivity contribution in [3.8, 4) is 0 Å². The van der Waals surface area contributed by atoms with Crippen LogP contribution >= 0.6 is 0 Å². The van der Waals surface area contributed by atoms with E-state index in [1.165, 1.54) is 32.7 Å². The van der Waals surface area contributed by atoms with Crippen molar-refractivity contribution in [2.45, 2.75) is 21.3 Å². The summed E-state index contributed by atoms with van der Waals surface area (Å²) in [5, 5.41) is 4.86. The first-order chi connectivity index (χ1) is 17.5. The van der Waals surface area contributed by atoms with E-state index in [0.29, 0.717) is 11.7 Å². The van der Waals surface area contributed by atoms with Gasteiger partial charge < -0.3 is 0 Å². The maximum absolute atomic E-state index is 4.41. The molecule has 0 radical (unpaired) electrons. The number of benzene rings is 4. The molecule has 6 rings (SSSR count). The van der Waals surface area contributed by atoms with Crippen molar-refractivity contribution in [3.05, 3.63) is 94.0 Å². The minimum atomic E-state index is 0. The van der Waals surface area contributed by atoms with Crippen LogP contribution < -0.4 is 0 Å². The molecule has 0 bridgehead atoms. The minimum absolute atomic E-state index is 0. The van der Waals surface area contributed by atoms with Gasteiger partial charge in [-0.15, -0.1) is 0 Å². The van der Waals surface area contributed by atoms with Crippen LogP contribution in [0.1, 0.15) is 40.8 Å². The second-order valence-corrected chi connectivity index (χ2v) is 8.57. The SMILES string of the molecule is C.C=NC1=NC(=NC)c2c1cc1ccccc1c2C.C=NC1=NC(=NC)c2cc3ccccc3c(C)c21. The van der Waals surface area contributed by atoms with Gasteiger partial charge in [-0.3, -0.25) is 9.98 Å². The van der Waals surface area contributed by atoms with Gasteiger partial charge in [0.15, 0.2) is 23.3 Å². The fraction of sp³-hybridized carbons (Fsp3) is 0.161. The first-order valence-electron chi connectivity index (χ1n) is 11.6. The summed E-state index contributed by atoms with van der Waals surface area (Å²) >= 11 is 0. The van der Waals surface area contributed by atoms with E-state index in [1.807, 2.05) is 24.3 Å². The normalized spacial score (nSPS) is 15.5. The number of aliphatic imine (C=N–C) groups is 6. The standard InChI is InChI=1S/2C15H13N3.CH4/c2*1-9-11-7-5-4-6-10(11)8-12-13(9)15(17-3)18-14(12)16-2;/h4-8H,3H2,1-2H3;4-8H,2H2,1,3H3;1H4. The van der Waals surface area contributed by atoms with Crippen LogP contribution in [0.4, 0.5) is 0 Å². The lowest BCUT2D eigenvalue weighted by molar-refractivity contribution is 1.38. The molecule has 0 atom stereocenters. The molecule has 0 saturated heterocycles. The highest BCUT2D eigenvalue weighted by molar-refractivity contribution is 6.26. The molecule has 6 nitrogen and oxygen atoms in total. The Balaban J connectivity index is 0.000000168. The average Bonchev–Trinajstić information content (AvgIpc) is 3.47. The molecule has 2 aliphatic heterocycles. The summed E-state index contributed by atoms with van der Waals surface area (Å²) < 4.78 is 0. The van der Waals surface area contributed by atoms with Crippen LogP contribution in [-0.4, -0.2) is 50.9 Å². The largest absolute Gasteiger partial charge is 0.270 e. The van der Waals surface area contributed by atoms with Gasteiger partial charge in [0, 0.05) is 36.3 Å². The van der Waals surface area contributed by atoms with E-state index >= 15 is 0 Å². The lowest BCUT2D eigenvalue weighted by Crippen LogP contribution is -2.00. The summed E-state index contributed by atoms with van der Waals surface area (Å²) in [4.78, 5) is 25.3. The number of fused-ring (bicyclic) bond motifs is 4. The Bertz CT molecular complexity index is 1700. The van der Waals surface area contributed by atoms with Crippen molar-refractivity contribution in [3.63, 3.8) is 0 Å². The van der Waals surface area contributed by atoms with Crippen LogP contribution in [0.15, 0.2) is 90.6 Å². The molecule has 0 aliphatic carbocycles. The lowest BCUT2D eigenvalue weighted by atomic mass is 9.95. The van der Waals surface area contributed by atoms with E-state index in [-0.39, 0.29) is 7.43 Å². The highest BCUT2D eigenvalue weighted by atomic mass is 15.0. The molecule has 2 heterocycles. The molecule has 0 unspecified atom stereocenters. The number of rotatable bonds is 0. The number of amidine groups is 4. The smallest absolute Gasteiger partial charge is 0.162 e. The summed E-state index contributed by atoms with van der Waals surface area (Å²) in [5.74, 6) is 2.82. The Labute approximate surface area is 217 Å². The third-order valence-corrected chi connectivity index (χ3v) is 6.69. The van der Waals surface area contributed by atoms with Crippen LogP contribution in [0.2, 0.25) is 0 Å². The van der Waals surface area contributed by atoms with Crippen molar-refractivity contribution < 1.29 is 0 Å². The molecule has 0 amide bonds. The summed E-state index contributed by atoms with van der Waals surface area (Å²) in [5.41, 5.74) is 6.61. The second kappa shape index (κ2) is 10.2. The number of aryl methyl sites for hydroxylation is 2. The molecule has 0 saturated carbocycles. The molecule has 184 valence electrons. The third kappa shape index (κ3) is 4.10.